The highest BCUT2D eigenvalue weighted by atomic mass is 16.5. The molecule has 0 aliphatic carbocycles. The molecule has 1 aromatic carbocycles. The maximum Gasteiger partial charge on any atom is 0.320 e. The van der Waals surface area contributed by atoms with Gasteiger partial charge in [0.05, 0.1) is 49.9 Å². The van der Waals surface area contributed by atoms with Crippen LogP contribution < -0.4 is 31.3 Å². The van der Waals surface area contributed by atoms with Gasteiger partial charge in [-0.1, -0.05) is 12.1 Å². The van der Waals surface area contributed by atoms with Gasteiger partial charge in [-0.25, -0.2) is 28.8 Å². The lowest BCUT2D eigenvalue weighted by atomic mass is 10.1. The van der Waals surface area contributed by atoms with Gasteiger partial charge in [0.25, 0.3) is 0 Å². The largest absolute Gasteiger partial charge is 0.496 e. The number of methoxy groups -OCH3 is 1. The minimum atomic E-state index is -0.107. The molecule has 352 valence electrons. The number of hydrogen-bond acceptors (Lipinski definition) is 7. The van der Waals surface area contributed by atoms with E-state index in [0.717, 1.165) is 93.9 Å². The number of fused-ring (bicyclic) bond motifs is 6. The van der Waals surface area contributed by atoms with Crippen molar-refractivity contribution in [3.05, 3.63) is 29.3 Å². The lowest BCUT2D eigenvalue weighted by molar-refractivity contribution is 0.127. The highest BCUT2D eigenvalue weighted by molar-refractivity contribution is 5.79. The number of aryl methyl sites for hydroxylation is 1. The molecule has 1 aromatic rings. The van der Waals surface area contributed by atoms with Crippen LogP contribution in [0.1, 0.15) is 88.2 Å². The normalized spacial score (nSPS) is 29.5. The number of carbonyl (C=O) groups is 6. The van der Waals surface area contributed by atoms with Crippen LogP contribution in [0.25, 0.3) is 0 Å². The second-order valence-corrected chi connectivity index (χ2v) is 18.8. The van der Waals surface area contributed by atoms with E-state index in [-0.39, 0.29) is 72.4 Å². The Labute approximate surface area is 377 Å². The molecule has 8 aliphatic heterocycles. The maximum absolute atomic E-state index is 14.0. The Kier molecular flexibility index (Phi) is 14.6. The van der Waals surface area contributed by atoms with Crippen LogP contribution in [0.5, 0.6) is 5.75 Å². The van der Waals surface area contributed by atoms with Crippen molar-refractivity contribution in [3.63, 3.8) is 0 Å². The number of nitrogens with one attached hydrogen (secondary N) is 5. The summed E-state index contributed by atoms with van der Waals surface area (Å²) < 4.78 is 5.64. The van der Waals surface area contributed by atoms with Crippen LogP contribution in [0.2, 0.25) is 0 Å². The van der Waals surface area contributed by atoms with E-state index >= 15 is 0 Å². The van der Waals surface area contributed by atoms with Gasteiger partial charge in [0.15, 0.2) is 0 Å². The Bertz CT molecular complexity index is 1790. The molecule has 8 heterocycles. The van der Waals surface area contributed by atoms with Crippen molar-refractivity contribution in [2.45, 2.75) is 127 Å². The minimum Gasteiger partial charge on any atom is -0.496 e. The first-order valence-electron chi connectivity index (χ1n) is 24.0. The van der Waals surface area contributed by atoms with Crippen LogP contribution in [0.15, 0.2) is 18.2 Å². The number of benzene rings is 1. The van der Waals surface area contributed by atoms with Crippen molar-refractivity contribution < 1.29 is 33.5 Å². The zero-order valence-corrected chi connectivity index (χ0v) is 37.9. The van der Waals surface area contributed by atoms with E-state index in [1.54, 1.807) is 7.11 Å². The molecular weight excluding hydrogens is 821 g/mol. The quantitative estimate of drug-likeness (QED) is 0.308. The molecular formula is C45H70N12O7. The molecule has 8 aliphatic rings. The van der Waals surface area contributed by atoms with E-state index in [1.807, 2.05) is 59.4 Å². The number of hydrogen-bond donors (Lipinski definition) is 5. The lowest BCUT2D eigenvalue weighted by Crippen LogP contribution is -2.53. The zero-order valence-electron chi connectivity index (χ0n) is 37.9. The van der Waals surface area contributed by atoms with Gasteiger partial charge in [-0.05, 0) is 95.6 Å². The summed E-state index contributed by atoms with van der Waals surface area (Å²) in [5, 5.41) is 15.2. The van der Waals surface area contributed by atoms with Gasteiger partial charge < -0.3 is 65.6 Å². The van der Waals surface area contributed by atoms with Crippen molar-refractivity contribution >= 4 is 36.2 Å². The molecule has 19 nitrogen and oxygen atoms in total. The summed E-state index contributed by atoms with van der Waals surface area (Å²) in [5.74, 6) is 0.760. The molecule has 6 unspecified atom stereocenters. The minimum absolute atomic E-state index is 0.00180. The fourth-order valence-corrected chi connectivity index (χ4v) is 11.2. The van der Waals surface area contributed by atoms with Crippen LogP contribution in [-0.4, -0.2) is 192 Å². The molecule has 0 radical (unpaired) electrons. The standard InChI is InChI=1S/C27H40N6O4.C18H30N6O3/c1-19-9-10-20(24(14-19)37-2)17-30-18-23-8-5-12-32(23)26(35)28-15-21-6-3-11-31(21)25(34)29-16-22-7-4-13-33(22)27(30)36;25-16-20-11-14-5-2-9-24(14)18(27)21-12-15-6-3-8-23(15)17(26)19-10-13-4-1-7-22(13)16/h9-10,14,21-23H,3-8,11-13,15-18H2,1-2H3,(H,28,35)(H,29,34);13-15H,1-12H2,(H,19,26)(H,20,25)(H,21,27). The Morgan fingerprint density at radius 2 is 0.812 bits per heavy atom. The summed E-state index contributed by atoms with van der Waals surface area (Å²) in [5.41, 5.74) is 2.04. The fraction of sp³-hybridized carbons (Fsp3) is 0.733. The molecule has 8 saturated heterocycles. The summed E-state index contributed by atoms with van der Waals surface area (Å²) >= 11 is 0. The summed E-state index contributed by atoms with van der Waals surface area (Å²) in [7, 11) is 1.65. The van der Waals surface area contributed by atoms with Gasteiger partial charge in [-0.2, -0.15) is 0 Å². The van der Waals surface area contributed by atoms with Crippen LogP contribution in [0.3, 0.4) is 0 Å². The Morgan fingerprint density at radius 3 is 1.19 bits per heavy atom. The third-order valence-corrected chi connectivity index (χ3v) is 14.8. The molecule has 8 fully saturated rings. The summed E-state index contributed by atoms with van der Waals surface area (Å²) in [6.07, 6.45) is 11.0. The highest BCUT2D eigenvalue weighted by Crippen LogP contribution is 2.28. The summed E-state index contributed by atoms with van der Waals surface area (Å²) in [4.78, 5) is 91.3. The third-order valence-electron chi connectivity index (χ3n) is 14.8. The van der Waals surface area contributed by atoms with Crippen molar-refractivity contribution in [2.75, 3.05) is 85.6 Å². The van der Waals surface area contributed by atoms with Crippen LogP contribution in [0.4, 0.5) is 28.8 Å². The average molecular weight is 891 g/mol. The maximum atomic E-state index is 14.0. The molecule has 12 amide bonds. The average Bonchev–Trinajstić information content (AvgIpc) is 4.16. The first-order valence-corrected chi connectivity index (χ1v) is 24.0. The molecule has 0 aromatic heterocycles. The van der Waals surface area contributed by atoms with Gasteiger partial charge in [0, 0.05) is 84.1 Å². The predicted octanol–water partition coefficient (Wildman–Crippen LogP) is 3.27. The third kappa shape index (κ3) is 10.3. The Morgan fingerprint density at radius 1 is 0.484 bits per heavy atom. The first kappa shape index (κ1) is 45.2. The molecule has 64 heavy (non-hydrogen) atoms. The number of carbonyl (C=O) groups excluding carboxylic acids is 6. The first-order chi connectivity index (χ1) is 31.1. The SMILES string of the molecule is COc1cc(C)ccc1CN1CC2CCCN2C(=O)NCC2CCCN2C(=O)NCC2CCCN2C1=O.O=C1NCC2CCCN2C(=O)NCC2CCCN2C(=O)NCC2CCCN12. The monoisotopic (exact) mass is 891 g/mol. The number of amides is 12. The number of nitrogens with zero attached hydrogens (tertiary/aromatic N) is 7. The molecule has 19 heteroatoms. The van der Waals surface area contributed by atoms with Gasteiger partial charge in [0.2, 0.25) is 0 Å². The molecule has 6 atom stereocenters. The fourth-order valence-electron chi connectivity index (χ4n) is 11.2. The predicted molar refractivity (Wildman–Crippen MR) is 239 cm³/mol. The van der Waals surface area contributed by atoms with Crippen LogP contribution in [0, 0.1) is 6.92 Å². The Balaban J connectivity index is 0.000000184. The number of urea groups is 6. The summed E-state index contributed by atoms with van der Waals surface area (Å²) in [6, 6.07) is 5.56. The van der Waals surface area contributed by atoms with Gasteiger partial charge in [0.1, 0.15) is 5.75 Å². The molecule has 0 spiro atoms. The lowest BCUT2D eigenvalue weighted by Gasteiger charge is -2.35. The highest BCUT2D eigenvalue weighted by Gasteiger charge is 2.39. The van der Waals surface area contributed by atoms with Gasteiger partial charge in [-0.3, -0.25) is 0 Å². The van der Waals surface area contributed by atoms with Crippen molar-refractivity contribution in [2.24, 2.45) is 0 Å². The topological polar surface area (TPSA) is 194 Å². The number of rotatable bonds is 3. The van der Waals surface area contributed by atoms with E-state index in [9.17, 15) is 28.8 Å². The zero-order chi connectivity index (χ0) is 44.7. The van der Waals surface area contributed by atoms with E-state index in [4.69, 9.17) is 4.74 Å². The summed E-state index contributed by atoms with van der Waals surface area (Å²) in [6.45, 7) is 9.42. The van der Waals surface area contributed by atoms with Crippen molar-refractivity contribution in [3.8, 4) is 5.75 Å². The van der Waals surface area contributed by atoms with E-state index in [2.05, 4.69) is 26.6 Å². The molecule has 5 N–H and O–H groups in total. The molecule has 0 saturated carbocycles. The van der Waals surface area contributed by atoms with E-state index in [1.165, 1.54) is 0 Å². The van der Waals surface area contributed by atoms with Crippen LogP contribution >= 0.6 is 0 Å². The van der Waals surface area contributed by atoms with E-state index in [0.29, 0.717) is 85.1 Å². The van der Waals surface area contributed by atoms with Crippen LogP contribution in [-0.2, 0) is 6.54 Å². The van der Waals surface area contributed by atoms with Gasteiger partial charge >= 0.3 is 36.2 Å². The number of ether oxygens (including phenoxy) is 1. The van der Waals surface area contributed by atoms with Gasteiger partial charge in [-0.15, -0.1) is 0 Å². The van der Waals surface area contributed by atoms with E-state index < -0.39 is 0 Å². The second kappa shape index (κ2) is 20.6. The Hall–Kier alpha value is -5.36. The molecule has 9 rings (SSSR count). The van der Waals surface area contributed by atoms with Crippen molar-refractivity contribution in [1.82, 2.24) is 60.9 Å². The molecule has 0 bridgehead atoms. The second-order valence-electron chi connectivity index (χ2n) is 18.8. The smallest absolute Gasteiger partial charge is 0.320 e. The van der Waals surface area contributed by atoms with Crippen molar-refractivity contribution in [1.29, 1.82) is 0 Å².